The summed E-state index contributed by atoms with van der Waals surface area (Å²) in [5.74, 6) is 0.339. The zero-order valence-corrected chi connectivity index (χ0v) is 17.5. The number of nitrogens with zero attached hydrogens (tertiary/aromatic N) is 4. The van der Waals surface area contributed by atoms with E-state index in [9.17, 15) is 19.8 Å². The lowest BCUT2D eigenvalue weighted by atomic mass is 10.1. The van der Waals surface area contributed by atoms with E-state index < -0.39 is 17.4 Å². The van der Waals surface area contributed by atoms with Crippen molar-refractivity contribution in [2.24, 2.45) is 12.1 Å². The Morgan fingerprint density at radius 2 is 1.84 bits per heavy atom. The molecule has 0 bridgehead atoms. The van der Waals surface area contributed by atoms with Crippen LogP contribution in [0.2, 0.25) is 0 Å². The Morgan fingerprint density at radius 1 is 1.16 bits per heavy atom. The first-order chi connectivity index (χ1) is 15.3. The van der Waals surface area contributed by atoms with Gasteiger partial charge in [-0.15, -0.1) is 0 Å². The van der Waals surface area contributed by atoms with Gasteiger partial charge in [0.2, 0.25) is 5.95 Å². The molecule has 0 fully saturated rings. The molecule has 0 aliphatic carbocycles. The van der Waals surface area contributed by atoms with Gasteiger partial charge < -0.3 is 10.2 Å². The topological polar surface area (TPSA) is 138 Å². The number of phenolic OH excluding ortho intramolecular Hbond substituents is 1. The summed E-state index contributed by atoms with van der Waals surface area (Å²) in [6.45, 7) is 1.78. The number of fused-ring (bicyclic) bond motifs is 1. The fourth-order valence-corrected chi connectivity index (χ4v) is 3.35. The van der Waals surface area contributed by atoms with Crippen LogP contribution < -0.4 is 16.7 Å². The molecular weight excluding hydrogens is 412 g/mol. The number of anilines is 1. The number of aliphatic hydroxyl groups excluding tert-OH is 1. The maximum absolute atomic E-state index is 12.6. The summed E-state index contributed by atoms with van der Waals surface area (Å²) in [6, 6.07) is 15.6. The summed E-state index contributed by atoms with van der Waals surface area (Å²) in [4.78, 5) is 31.3. The van der Waals surface area contributed by atoms with E-state index >= 15 is 0 Å². The number of imidazole rings is 1. The number of aryl methyl sites for hydroxylation is 1. The predicted octanol–water partition coefficient (Wildman–Crippen LogP) is 1.70. The summed E-state index contributed by atoms with van der Waals surface area (Å²) in [5.41, 5.74) is 4.00. The number of nitrogens with one attached hydrogen (secondary N) is 2. The first-order valence-corrected chi connectivity index (χ1v) is 9.87. The van der Waals surface area contributed by atoms with Crippen molar-refractivity contribution in [3.05, 3.63) is 86.6 Å². The number of aromatic hydroxyl groups is 1. The van der Waals surface area contributed by atoms with Crippen LogP contribution in [0.15, 0.2) is 69.3 Å². The predicted molar refractivity (Wildman–Crippen MR) is 121 cm³/mol. The third-order valence-electron chi connectivity index (χ3n) is 5.16. The Bertz CT molecular complexity index is 1400. The van der Waals surface area contributed by atoms with Gasteiger partial charge in [-0.3, -0.25) is 18.9 Å². The van der Waals surface area contributed by atoms with Gasteiger partial charge >= 0.3 is 5.69 Å². The number of hydrogen-bond donors (Lipinski definition) is 4. The molecule has 0 amide bonds. The molecule has 0 saturated heterocycles. The molecule has 1 atom stereocenters. The van der Waals surface area contributed by atoms with Crippen molar-refractivity contribution < 1.29 is 10.2 Å². The molecule has 0 radical (unpaired) electrons. The van der Waals surface area contributed by atoms with Gasteiger partial charge in [0.25, 0.3) is 5.56 Å². The largest absolute Gasteiger partial charge is 0.508 e. The van der Waals surface area contributed by atoms with Crippen molar-refractivity contribution in [1.29, 1.82) is 0 Å². The number of phenols is 1. The number of hydrazone groups is 1. The molecule has 2 aromatic heterocycles. The SMILES string of the molecule is CC(=NNc1nc2c(c(=O)[nH]c(=O)n2C)n1CC(O)c1ccccc1)c1ccc(O)cc1. The number of rotatable bonds is 6. The number of benzene rings is 2. The molecule has 2 aromatic carbocycles. The monoisotopic (exact) mass is 434 g/mol. The lowest BCUT2D eigenvalue weighted by molar-refractivity contribution is 0.158. The van der Waals surface area contributed by atoms with Crippen LogP contribution in [0.3, 0.4) is 0 Å². The van der Waals surface area contributed by atoms with Gasteiger partial charge in [-0.1, -0.05) is 30.3 Å². The Kier molecular flexibility index (Phi) is 5.61. The maximum Gasteiger partial charge on any atom is 0.329 e. The Hall–Kier alpha value is -4.18. The van der Waals surface area contributed by atoms with Gasteiger partial charge in [0.05, 0.1) is 18.4 Å². The molecule has 4 rings (SSSR count). The summed E-state index contributed by atoms with van der Waals surface area (Å²) >= 11 is 0. The van der Waals surface area contributed by atoms with Gasteiger partial charge in [0.15, 0.2) is 11.2 Å². The molecule has 32 heavy (non-hydrogen) atoms. The Balaban J connectivity index is 1.78. The summed E-state index contributed by atoms with van der Waals surface area (Å²) in [6.07, 6.45) is -0.923. The van der Waals surface area contributed by atoms with Crippen LogP contribution in [0.5, 0.6) is 5.75 Å². The third kappa shape index (κ3) is 4.03. The fraction of sp³-hybridized carbons (Fsp3) is 0.182. The van der Waals surface area contributed by atoms with Crippen molar-refractivity contribution in [3.8, 4) is 5.75 Å². The van der Waals surface area contributed by atoms with Crippen LogP contribution in [-0.4, -0.2) is 35.0 Å². The molecule has 0 aliphatic heterocycles. The van der Waals surface area contributed by atoms with Crippen LogP contribution in [0, 0.1) is 0 Å². The molecule has 0 aliphatic rings. The molecule has 0 spiro atoms. The molecule has 10 heteroatoms. The number of aliphatic hydroxyl groups is 1. The number of aromatic amines is 1. The first-order valence-electron chi connectivity index (χ1n) is 9.87. The van der Waals surface area contributed by atoms with Crippen molar-refractivity contribution >= 4 is 22.8 Å². The van der Waals surface area contributed by atoms with E-state index in [1.54, 1.807) is 43.3 Å². The van der Waals surface area contributed by atoms with Crippen molar-refractivity contribution in [2.75, 3.05) is 5.43 Å². The second-order valence-electron chi connectivity index (χ2n) is 7.32. The second kappa shape index (κ2) is 8.52. The highest BCUT2D eigenvalue weighted by atomic mass is 16.3. The summed E-state index contributed by atoms with van der Waals surface area (Å²) in [5, 5.41) is 24.6. The molecule has 2 heterocycles. The van der Waals surface area contributed by atoms with Crippen molar-refractivity contribution in [1.82, 2.24) is 19.1 Å². The van der Waals surface area contributed by atoms with Crippen LogP contribution in [0.1, 0.15) is 24.2 Å². The first kappa shape index (κ1) is 21.1. The Morgan fingerprint density at radius 3 is 2.53 bits per heavy atom. The van der Waals surface area contributed by atoms with E-state index in [0.717, 1.165) is 5.56 Å². The van der Waals surface area contributed by atoms with Crippen molar-refractivity contribution in [3.63, 3.8) is 0 Å². The van der Waals surface area contributed by atoms with Gasteiger partial charge in [-0.25, -0.2) is 10.2 Å². The van der Waals surface area contributed by atoms with E-state index in [1.165, 1.54) is 16.2 Å². The lowest BCUT2D eigenvalue weighted by Gasteiger charge is -2.14. The third-order valence-corrected chi connectivity index (χ3v) is 5.16. The quantitative estimate of drug-likeness (QED) is 0.269. The zero-order valence-electron chi connectivity index (χ0n) is 17.5. The molecule has 1 unspecified atom stereocenters. The van der Waals surface area contributed by atoms with Crippen LogP contribution in [0.25, 0.3) is 11.2 Å². The van der Waals surface area contributed by atoms with Crippen LogP contribution >= 0.6 is 0 Å². The maximum atomic E-state index is 12.6. The molecule has 164 valence electrons. The highest BCUT2D eigenvalue weighted by Crippen LogP contribution is 2.22. The molecular formula is C22H22N6O4. The number of H-pyrrole nitrogens is 1. The Labute approximate surface area is 182 Å². The van der Waals surface area contributed by atoms with E-state index in [0.29, 0.717) is 11.3 Å². The molecule has 10 nitrogen and oxygen atoms in total. The van der Waals surface area contributed by atoms with E-state index in [-0.39, 0.29) is 29.4 Å². The zero-order chi connectivity index (χ0) is 22.8. The van der Waals surface area contributed by atoms with Gasteiger partial charge in [-0.05, 0) is 42.3 Å². The summed E-state index contributed by atoms with van der Waals surface area (Å²) in [7, 11) is 1.50. The lowest BCUT2D eigenvalue weighted by Crippen LogP contribution is -2.29. The highest BCUT2D eigenvalue weighted by Gasteiger charge is 2.20. The highest BCUT2D eigenvalue weighted by molar-refractivity contribution is 5.99. The van der Waals surface area contributed by atoms with E-state index in [4.69, 9.17) is 0 Å². The average molecular weight is 434 g/mol. The standard InChI is InChI=1S/C22H22N6O4/c1-13(14-8-10-16(29)11-9-14)25-26-21-23-19-18(20(31)24-22(32)27(19)2)28(21)12-17(30)15-6-4-3-5-7-15/h3-11,17,29-30H,12H2,1-2H3,(H,23,26)(H,24,31,32). The van der Waals surface area contributed by atoms with Crippen LogP contribution in [-0.2, 0) is 13.6 Å². The molecule has 4 aromatic rings. The molecule has 4 N–H and O–H groups in total. The number of aromatic nitrogens is 4. The normalized spacial score (nSPS) is 12.8. The fourth-order valence-electron chi connectivity index (χ4n) is 3.35. The number of hydrogen-bond acceptors (Lipinski definition) is 7. The second-order valence-corrected chi connectivity index (χ2v) is 7.32. The average Bonchev–Trinajstić information content (AvgIpc) is 3.15. The van der Waals surface area contributed by atoms with E-state index in [1.807, 2.05) is 18.2 Å². The van der Waals surface area contributed by atoms with Crippen molar-refractivity contribution in [2.45, 2.75) is 19.6 Å². The van der Waals surface area contributed by atoms with E-state index in [2.05, 4.69) is 20.5 Å². The minimum absolute atomic E-state index is 0.0118. The van der Waals surface area contributed by atoms with Crippen LogP contribution in [0.4, 0.5) is 5.95 Å². The minimum Gasteiger partial charge on any atom is -0.508 e. The smallest absolute Gasteiger partial charge is 0.329 e. The van der Waals surface area contributed by atoms with Gasteiger partial charge in [0, 0.05) is 7.05 Å². The minimum atomic E-state index is -0.923. The van der Waals surface area contributed by atoms with Gasteiger partial charge in [0.1, 0.15) is 5.75 Å². The molecule has 0 saturated carbocycles. The van der Waals surface area contributed by atoms with Gasteiger partial charge in [-0.2, -0.15) is 10.1 Å². The summed E-state index contributed by atoms with van der Waals surface area (Å²) < 4.78 is 2.72.